The van der Waals surface area contributed by atoms with E-state index in [-0.39, 0.29) is 22.1 Å². The number of ether oxygens (including phenoxy) is 1. The zero-order valence-corrected chi connectivity index (χ0v) is 15.8. The number of sulfonamides is 1. The van der Waals surface area contributed by atoms with E-state index in [1.807, 2.05) is 32.0 Å². The minimum atomic E-state index is -3.74. The van der Waals surface area contributed by atoms with E-state index >= 15 is 0 Å². The first-order valence-electron chi connectivity index (χ1n) is 7.66. The second kappa shape index (κ2) is 7.25. The third kappa shape index (κ3) is 3.83. The highest BCUT2D eigenvalue weighted by atomic mass is 32.2. The highest BCUT2D eigenvalue weighted by molar-refractivity contribution is 7.89. The van der Waals surface area contributed by atoms with Crippen LogP contribution in [0.25, 0.3) is 0 Å². The molecule has 0 saturated heterocycles. The van der Waals surface area contributed by atoms with E-state index < -0.39 is 10.0 Å². The summed E-state index contributed by atoms with van der Waals surface area (Å²) in [6, 6.07) is 10.1. The van der Waals surface area contributed by atoms with Crippen LogP contribution in [0, 0.1) is 13.8 Å². The fourth-order valence-electron chi connectivity index (χ4n) is 2.41. The Hall–Kier alpha value is -2.38. The average molecular weight is 362 g/mol. The Kier molecular flexibility index (Phi) is 5.49. The number of carbonyl (C=O) groups excluding carboxylic acids is 1. The molecule has 0 bridgehead atoms. The molecule has 0 aliphatic rings. The number of benzene rings is 2. The van der Waals surface area contributed by atoms with Crippen LogP contribution in [0.4, 0.5) is 5.69 Å². The van der Waals surface area contributed by atoms with Crippen LogP contribution in [-0.2, 0) is 10.0 Å². The van der Waals surface area contributed by atoms with E-state index in [0.29, 0.717) is 0 Å². The zero-order chi connectivity index (χ0) is 18.8. The monoisotopic (exact) mass is 362 g/mol. The van der Waals surface area contributed by atoms with Crippen LogP contribution in [-0.4, -0.2) is 39.8 Å². The zero-order valence-electron chi connectivity index (χ0n) is 15.0. The molecule has 0 unspecified atom stereocenters. The predicted octanol–water partition coefficient (Wildman–Crippen LogP) is 2.81. The number of hydrogen-bond donors (Lipinski definition) is 1. The average Bonchev–Trinajstić information content (AvgIpc) is 2.57. The smallest absolute Gasteiger partial charge is 0.255 e. The van der Waals surface area contributed by atoms with Crippen molar-refractivity contribution in [3.8, 4) is 5.75 Å². The first-order chi connectivity index (χ1) is 11.7. The molecule has 2 aromatic carbocycles. The van der Waals surface area contributed by atoms with Crippen molar-refractivity contribution in [2.75, 3.05) is 26.5 Å². The third-order valence-electron chi connectivity index (χ3n) is 3.90. The second-order valence-corrected chi connectivity index (χ2v) is 7.99. The summed E-state index contributed by atoms with van der Waals surface area (Å²) < 4.78 is 31.2. The Morgan fingerprint density at radius 1 is 1.08 bits per heavy atom. The van der Waals surface area contributed by atoms with Gasteiger partial charge in [-0.3, -0.25) is 4.79 Å². The van der Waals surface area contributed by atoms with E-state index in [9.17, 15) is 13.2 Å². The van der Waals surface area contributed by atoms with E-state index in [1.54, 1.807) is 0 Å². The molecule has 6 nitrogen and oxygen atoms in total. The maximum Gasteiger partial charge on any atom is 0.255 e. The summed E-state index contributed by atoms with van der Waals surface area (Å²) >= 11 is 0. The Labute approximate surface area is 148 Å². The van der Waals surface area contributed by atoms with Crippen molar-refractivity contribution in [3.05, 3.63) is 53.1 Å². The van der Waals surface area contributed by atoms with Crippen LogP contribution < -0.4 is 10.1 Å². The second-order valence-electron chi connectivity index (χ2n) is 5.87. The van der Waals surface area contributed by atoms with Gasteiger partial charge in [0.2, 0.25) is 10.0 Å². The maximum absolute atomic E-state index is 12.6. The van der Waals surface area contributed by atoms with Crippen LogP contribution >= 0.6 is 0 Å². The van der Waals surface area contributed by atoms with Gasteiger partial charge in [0, 0.05) is 25.3 Å². The first-order valence-corrected chi connectivity index (χ1v) is 9.10. The quantitative estimate of drug-likeness (QED) is 0.887. The van der Waals surface area contributed by atoms with Crippen LogP contribution in [0.5, 0.6) is 5.75 Å². The minimum Gasteiger partial charge on any atom is -0.495 e. The number of carbonyl (C=O) groups is 1. The normalized spacial score (nSPS) is 11.4. The maximum atomic E-state index is 12.6. The van der Waals surface area contributed by atoms with Crippen LogP contribution in [0.3, 0.4) is 0 Å². The summed E-state index contributed by atoms with van der Waals surface area (Å²) in [5, 5.41) is 2.85. The summed E-state index contributed by atoms with van der Waals surface area (Å²) in [5.41, 5.74) is 2.83. The summed E-state index contributed by atoms with van der Waals surface area (Å²) in [4.78, 5) is 12.6. The van der Waals surface area contributed by atoms with Crippen molar-refractivity contribution < 1.29 is 17.9 Å². The Morgan fingerprint density at radius 3 is 2.20 bits per heavy atom. The SMILES string of the molecule is COc1ccc(C(=O)Nc2c(C)cccc2C)cc1S(=O)(=O)N(C)C. The van der Waals surface area contributed by atoms with Crippen LogP contribution in [0.2, 0.25) is 0 Å². The summed E-state index contributed by atoms with van der Waals surface area (Å²) in [6.07, 6.45) is 0. The number of rotatable bonds is 5. The Morgan fingerprint density at radius 2 is 1.68 bits per heavy atom. The number of aryl methyl sites for hydroxylation is 2. The fourth-order valence-corrected chi connectivity index (χ4v) is 3.49. The van der Waals surface area contributed by atoms with Crippen molar-refractivity contribution in [2.24, 2.45) is 0 Å². The molecule has 2 rings (SSSR count). The molecule has 0 radical (unpaired) electrons. The van der Waals surface area contributed by atoms with Gasteiger partial charge in [0.05, 0.1) is 7.11 Å². The molecular weight excluding hydrogens is 340 g/mol. The van der Waals surface area contributed by atoms with Gasteiger partial charge in [-0.2, -0.15) is 0 Å². The summed E-state index contributed by atoms with van der Waals surface area (Å²) in [6.45, 7) is 3.80. The minimum absolute atomic E-state index is 0.0471. The van der Waals surface area contributed by atoms with Crippen molar-refractivity contribution in [1.29, 1.82) is 0 Å². The number of hydrogen-bond acceptors (Lipinski definition) is 4. The van der Waals surface area contributed by atoms with Crippen LogP contribution in [0.1, 0.15) is 21.5 Å². The Balaban J connectivity index is 2.45. The van der Waals surface area contributed by atoms with Gasteiger partial charge in [-0.15, -0.1) is 0 Å². The lowest BCUT2D eigenvalue weighted by Gasteiger charge is -2.16. The molecular formula is C18H22N2O4S. The van der Waals surface area contributed by atoms with Gasteiger partial charge >= 0.3 is 0 Å². The molecule has 0 fully saturated rings. The topological polar surface area (TPSA) is 75.7 Å². The summed E-state index contributed by atoms with van der Waals surface area (Å²) in [7, 11) is 0.510. The van der Waals surface area contributed by atoms with Gasteiger partial charge in [0.1, 0.15) is 10.6 Å². The predicted molar refractivity (Wildman–Crippen MR) is 97.7 cm³/mol. The third-order valence-corrected chi connectivity index (χ3v) is 5.74. The lowest BCUT2D eigenvalue weighted by molar-refractivity contribution is 0.102. The number of anilines is 1. The fraction of sp³-hybridized carbons (Fsp3) is 0.278. The van der Waals surface area contributed by atoms with E-state index in [1.165, 1.54) is 39.4 Å². The molecule has 0 saturated carbocycles. The van der Waals surface area contributed by atoms with E-state index in [2.05, 4.69) is 5.32 Å². The summed E-state index contributed by atoms with van der Waals surface area (Å²) in [5.74, 6) is -0.187. The molecule has 0 heterocycles. The van der Waals surface area contributed by atoms with Crippen molar-refractivity contribution in [3.63, 3.8) is 0 Å². The molecule has 2 aromatic rings. The number of methoxy groups -OCH3 is 1. The molecule has 0 atom stereocenters. The molecule has 0 aliphatic carbocycles. The molecule has 1 N–H and O–H groups in total. The van der Waals surface area contributed by atoms with E-state index in [0.717, 1.165) is 21.1 Å². The van der Waals surface area contributed by atoms with Crippen molar-refractivity contribution in [1.82, 2.24) is 4.31 Å². The van der Waals surface area contributed by atoms with Gasteiger partial charge in [0.15, 0.2) is 0 Å². The molecule has 0 spiro atoms. The van der Waals surface area contributed by atoms with Crippen molar-refractivity contribution >= 4 is 21.6 Å². The van der Waals surface area contributed by atoms with Gasteiger partial charge in [-0.25, -0.2) is 12.7 Å². The molecule has 25 heavy (non-hydrogen) atoms. The number of nitrogens with zero attached hydrogens (tertiary/aromatic N) is 1. The first kappa shape index (κ1) is 19.0. The molecule has 0 aromatic heterocycles. The number of para-hydroxylation sites is 1. The van der Waals surface area contributed by atoms with Gasteiger partial charge in [-0.1, -0.05) is 18.2 Å². The number of nitrogens with one attached hydrogen (secondary N) is 1. The van der Waals surface area contributed by atoms with Gasteiger partial charge in [0.25, 0.3) is 5.91 Å². The lowest BCUT2D eigenvalue weighted by Crippen LogP contribution is -2.23. The molecule has 0 aliphatic heterocycles. The van der Waals surface area contributed by atoms with E-state index in [4.69, 9.17) is 4.74 Å². The highest BCUT2D eigenvalue weighted by Crippen LogP contribution is 2.28. The lowest BCUT2D eigenvalue weighted by atomic mass is 10.1. The molecule has 7 heteroatoms. The Bertz CT molecular complexity index is 885. The highest BCUT2D eigenvalue weighted by Gasteiger charge is 2.24. The van der Waals surface area contributed by atoms with Gasteiger partial charge < -0.3 is 10.1 Å². The standard InChI is InChI=1S/C18H22N2O4S/c1-12-7-6-8-13(2)17(12)19-18(21)14-9-10-15(24-5)16(11-14)25(22,23)20(3)4/h6-11H,1-5H3,(H,19,21). The van der Waals surface area contributed by atoms with Crippen LogP contribution in [0.15, 0.2) is 41.3 Å². The van der Waals surface area contributed by atoms with Crippen molar-refractivity contribution in [2.45, 2.75) is 18.7 Å². The number of amides is 1. The largest absolute Gasteiger partial charge is 0.495 e. The molecule has 134 valence electrons. The molecule has 1 amide bonds. The van der Waals surface area contributed by atoms with Gasteiger partial charge in [-0.05, 0) is 43.2 Å².